The smallest absolute Gasteiger partial charge is 0.369 e. The molecule has 114 valence electrons. The fourth-order valence-electron chi connectivity index (χ4n) is 3.24. The van der Waals surface area contributed by atoms with Gasteiger partial charge in [-0.15, -0.1) is 0 Å². The van der Waals surface area contributed by atoms with E-state index < -0.39 is 11.7 Å². The van der Waals surface area contributed by atoms with Gasteiger partial charge in [0, 0.05) is 6.54 Å². The number of hydrogen-bond acceptors (Lipinski definition) is 2. The molecule has 0 radical (unpaired) electrons. The molecule has 1 heterocycles. The van der Waals surface area contributed by atoms with Crippen LogP contribution in [0, 0.1) is 11.8 Å². The molecule has 1 fully saturated rings. The maximum absolute atomic E-state index is 12.7. The molecule has 6 heteroatoms. The van der Waals surface area contributed by atoms with E-state index in [4.69, 9.17) is 5.73 Å². The first kappa shape index (κ1) is 14.2. The van der Waals surface area contributed by atoms with Crippen LogP contribution >= 0.6 is 0 Å². The van der Waals surface area contributed by atoms with Crippen molar-refractivity contribution in [3.05, 3.63) is 23.8 Å². The van der Waals surface area contributed by atoms with Crippen molar-refractivity contribution in [3.8, 4) is 0 Å². The summed E-state index contributed by atoms with van der Waals surface area (Å²) in [6.07, 6.45) is -0.806. The average molecular weight is 297 g/mol. The maximum Gasteiger partial charge on any atom is 0.416 e. The van der Waals surface area contributed by atoms with Gasteiger partial charge in [0.05, 0.1) is 16.6 Å². The second-order valence-electron chi connectivity index (χ2n) is 5.95. The molecule has 0 aliphatic heterocycles. The Balaban J connectivity index is 1.98. The Bertz CT molecular complexity index is 660. The summed E-state index contributed by atoms with van der Waals surface area (Å²) < 4.78 is 40.1. The largest absolute Gasteiger partial charge is 0.416 e. The van der Waals surface area contributed by atoms with Gasteiger partial charge in [-0.05, 0) is 36.5 Å². The molecule has 2 N–H and O–H groups in total. The monoisotopic (exact) mass is 297 g/mol. The van der Waals surface area contributed by atoms with Crippen LogP contribution in [0.1, 0.15) is 31.7 Å². The Morgan fingerprint density at radius 2 is 2.10 bits per heavy atom. The minimum atomic E-state index is -4.35. The second-order valence-corrected chi connectivity index (χ2v) is 5.95. The molecule has 0 bridgehead atoms. The summed E-state index contributed by atoms with van der Waals surface area (Å²) in [6, 6.07) is 3.64. The zero-order chi connectivity index (χ0) is 15.2. The van der Waals surface area contributed by atoms with E-state index in [9.17, 15) is 13.2 Å². The van der Waals surface area contributed by atoms with Gasteiger partial charge in [-0.3, -0.25) is 0 Å². The minimum Gasteiger partial charge on any atom is -0.369 e. The molecule has 3 nitrogen and oxygen atoms in total. The van der Waals surface area contributed by atoms with E-state index in [-0.39, 0.29) is 0 Å². The number of nitrogens with zero attached hydrogens (tertiary/aromatic N) is 2. The van der Waals surface area contributed by atoms with Gasteiger partial charge in [0.15, 0.2) is 0 Å². The van der Waals surface area contributed by atoms with Gasteiger partial charge in [-0.25, -0.2) is 4.98 Å². The zero-order valence-electron chi connectivity index (χ0n) is 11.8. The van der Waals surface area contributed by atoms with Crippen molar-refractivity contribution in [2.75, 3.05) is 5.73 Å². The number of imidazole rings is 1. The van der Waals surface area contributed by atoms with Crippen LogP contribution in [0.2, 0.25) is 0 Å². The number of hydrogen-bond donors (Lipinski definition) is 1. The molecule has 1 aromatic heterocycles. The fraction of sp³-hybridized carbons (Fsp3) is 0.533. The average Bonchev–Trinajstić information content (AvgIpc) is 2.93. The first-order valence-electron chi connectivity index (χ1n) is 7.19. The molecule has 3 rings (SSSR count). The minimum absolute atomic E-state index is 0.295. The van der Waals surface area contributed by atoms with Crippen molar-refractivity contribution in [2.24, 2.45) is 11.8 Å². The lowest BCUT2D eigenvalue weighted by atomic mass is 9.98. The molecular weight excluding hydrogens is 279 g/mol. The van der Waals surface area contributed by atoms with Crippen molar-refractivity contribution >= 4 is 17.0 Å². The van der Waals surface area contributed by atoms with Gasteiger partial charge in [0.25, 0.3) is 0 Å². The van der Waals surface area contributed by atoms with Crippen molar-refractivity contribution in [3.63, 3.8) is 0 Å². The fourth-order valence-corrected chi connectivity index (χ4v) is 3.24. The standard InChI is InChI=1S/C15H18F3N3/c1-9-3-2-4-10(9)8-21-13-6-5-11(15(16,17)18)7-12(13)20-14(21)19/h5-7,9-10H,2-4,8H2,1H3,(H2,19,20). The number of anilines is 1. The molecule has 2 unspecified atom stereocenters. The van der Waals surface area contributed by atoms with Gasteiger partial charge in [-0.1, -0.05) is 19.8 Å². The lowest BCUT2D eigenvalue weighted by Gasteiger charge is -2.17. The summed E-state index contributed by atoms with van der Waals surface area (Å²) in [5.74, 6) is 1.44. The van der Waals surface area contributed by atoms with E-state index >= 15 is 0 Å². The molecule has 2 atom stereocenters. The van der Waals surface area contributed by atoms with Crippen LogP contribution in [0.5, 0.6) is 0 Å². The van der Waals surface area contributed by atoms with Crippen LogP contribution in [0.3, 0.4) is 0 Å². The van der Waals surface area contributed by atoms with Gasteiger partial charge in [-0.2, -0.15) is 13.2 Å². The molecule has 0 spiro atoms. The Morgan fingerprint density at radius 1 is 1.33 bits per heavy atom. The lowest BCUT2D eigenvalue weighted by molar-refractivity contribution is -0.137. The van der Waals surface area contributed by atoms with Crippen LogP contribution in [0.25, 0.3) is 11.0 Å². The summed E-state index contributed by atoms with van der Waals surface area (Å²) in [5.41, 5.74) is 6.21. The summed E-state index contributed by atoms with van der Waals surface area (Å²) in [6.45, 7) is 2.95. The molecule has 2 aromatic rings. The normalized spacial score (nSPS) is 23.0. The Kier molecular flexibility index (Phi) is 3.34. The zero-order valence-corrected chi connectivity index (χ0v) is 11.8. The SMILES string of the molecule is CC1CCCC1Cn1c(N)nc2cc(C(F)(F)F)ccc21. The highest BCUT2D eigenvalue weighted by Crippen LogP contribution is 2.35. The van der Waals surface area contributed by atoms with Crippen LogP contribution in [0.15, 0.2) is 18.2 Å². The number of aromatic nitrogens is 2. The number of nitrogen functional groups attached to an aromatic ring is 1. The number of halogens is 3. The highest BCUT2D eigenvalue weighted by atomic mass is 19.4. The van der Waals surface area contributed by atoms with Gasteiger partial charge in [0.2, 0.25) is 5.95 Å². The molecule has 1 aliphatic carbocycles. The summed E-state index contributed by atoms with van der Waals surface area (Å²) in [4.78, 5) is 4.10. The Hall–Kier alpha value is -1.72. The maximum atomic E-state index is 12.7. The van der Waals surface area contributed by atoms with E-state index in [0.29, 0.717) is 28.8 Å². The summed E-state index contributed by atoms with van der Waals surface area (Å²) in [5, 5.41) is 0. The Labute approximate surface area is 121 Å². The predicted octanol–water partition coefficient (Wildman–Crippen LogP) is 4.07. The first-order valence-corrected chi connectivity index (χ1v) is 7.19. The number of nitrogens with two attached hydrogens (primary N) is 1. The van der Waals surface area contributed by atoms with Crippen LogP contribution in [-0.2, 0) is 12.7 Å². The van der Waals surface area contributed by atoms with Crippen LogP contribution in [-0.4, -0.2) is 9.55 Å². The van der Waals surface area contributed by atoms with E-state index in [1.165, 1.54) is 18.9 Å². The lowest BCUT2D eigenvalue weighted by Crippen LogP contribution is -2.15. The van der Waals surface area contributed by atoms with Gasteiger partial charge < -0.3 is 10.3 Å². The van der Waals surface area contributed by atoms with E-state index in [1.54, 1.807) is 0 Å². The third kappa shape index (κ3) is 2.59. The molecule has 1 aromatic carbocycles. The third-order valence-electron chi connectivity index (χ3n) is 4.56. The quantitative estimate of drug-likeness (QED) is 0.908. The topological polar surface area (TPSA) is 43.8 Å². The number of rotatable bonds is 2. The van der Waals surface area contributed by atoms with Crippen molar-refractivity contribution in [2.45, 2.75) is 38.9 Å². The molecule has 21 heavy (non-hydrogen) atoms. The first-order chi connectivity index (χ1) is 9.86. The molecular formula is C15H18F3N3. The van der Waals surface area contributed by atoms with Gasteiger partial charge in [0.1, 0.15) is 0 Å². The van der Waals surface area contributed by atoms with Crippen LogP contribution < -0.4 is 5.73 Å². The van der Waals surface area contributed by atoms with Gasteiger partial charge >= 0.3 is 6.18 Å². The van der Waals surface area contributed by atoms with E-state index in [2.05, 4.69) is 11.9 Å². The van der Waals surface area contributed by atoms with Crippen LogP contribution in [0.4, 0.5) is 19.1 Å². The van der Waals surface area contributed by atoms with Crippen molar-refractivity contribution < 1.29 is 13.2 Å². The number of alkyl halides is 3. The molecule has 0 saturated heterocycles. The second kappa shape index (κ2) is 4.93. The third-order valence-corrected chi connectivity index (χ3v) is 4.56. The molecule has 1 aliphatic rings. The molecule has 1 saturated carbocycles. The highest BCUT2D eigenvalue weighted by Gasteiger charge is 2.31. The van der Waals surface area contributed by atoms with Crippen molar-refractivity contribution in [1.29, 1.82) is 0 Å². The summed E-state index contributed by atoms with van der Waals surface area (Å²) in [7, 11) is 0. The summed E-state index contributed by atoms with van der Waals surface area (Å²) >= 11 is 0. The Morgan fingerprint density at radius 3 is 2.71 bits per heavy atom. The molecule has 0 amide bonds. The van der Waals surface area contributed by atoms with E-state index in [1.807, 2.05) is 4.57 Å². The number of benzene rings is 1. The van der Waals surface area contributed by atoms with Crippen molar-refractivity contribution in [1.82, 2.24) is 9.55 Å². The van der Waals surface area contributed by atoms with E-state index in [0.717, 1.165) is 25.1 Å². The predicted molar refractivity (Wildman–Crippen MR) is 75.7 cm³/mol. The highest BCUT2D eigenvalue weighted by molar-refractivity contribution is 5.79. The number of fused-ring (bicyclic) bond motifs is 1.